The molecule has 0 aliphatic rings. The van der Waals surface area contributed by atoms with Crippen LogP contribution < -0.4 is 5.73 Å². The van der Waals surface area contributed by atoms with E-state index < -0.39 is 0 Å². The van der Waals surface area contributed by atoms with E-state index in [1.807, 2.05) is 32.0 Å². The summed E-state index contributed by atoms with van der Waals surface area (Å²) in [5, 5.41) is 12.4. The maximum Gasteiger partial charge on any atom is 0.289 e. The van der Waals surface area contributed by atoms with Crippen LogP contribution in [0.2, 0.25) is 0 Å². The second-order valence-corrected chi connectivity index (χ2v) is 4.88. The molecular formula is C15H19N3O3. The van der Waals surface area contributed by atoms with Crippen LogP contribution in [0.3, 0.4) is 0 Å². The first-order chi connectivity index (χ1) is 10.0. The van der Waals surface area contributed by atoms with Crippen molar-refractivity contribution in [1.29, 1.82) is 0 Å². The van der Waals surface area contributed by atoms with Crippen LogP contribution in [0.15, 0.2) is 33.8 Å². The van der Waals surface area contributed by atoms with E-state index >= 15 is 0 Å². The minimum absolute atomic E-state index is 0.0986. The first-order valence-electron chi connectivity index (χ1n) is 6.81. The van der Waals surface area contributed by atoms with E-state index in [1.165, 1.54) is 0 Å². The molecule has 0 unspecified atom stereocenters. The van der Waals surface area contributed by atoms with Crippen LogP contribution in [0.25, 0.3) is 11.0 Å². The number of amidine groups is 1. The topological polar surface area (TPSA) is 92.1 Å². The largest absolute Gasteiger partial charge is 0.451 e. The fourth-order valence-corrected chi connectivity index (χ4v) is 2.13. The molecule has 1 heterocycles. The number of benzene rings is 1. The standard InChI is InChI=1S/C15H19N3O3/c1-3-18(7-6-14(16)17-20)15(19)13-9-11-8-10(2)4-5-12(11)21-13/h4-5,8-9,20H,3,6-7H2,1-2H3,(H2,16,17). The van der Waals surface area contributed by atoms with Gasteiger partial charge < -0.3 is 20.3 Å². The number of fused-ring (bicyclic) bond motifs is 1. The molecule has 6 heteroatoms. The number of oxime groups is 1. The molecule has 3 N–H and O–H groups in total. The predicted octanol–water partition coefficient (Wildman–Crippen LogP) is 2.34. The van der Waals surface area contributed by atoms with Gasteiger partial charge in [0.2, 0.25) is 0 Å². The number of hydrogen-bond acceptors (Lipinski definition) is 4. The van der Waals surface area contributed by atoms with Gasteiger partial charge in [-0.25, -0.2) is 0 Å². The predicted molar refractivity (Wildman–Crippen MR) is 80.6 cm³/mol. The van der Waals surface area contributed by atoms with Crippen molar-refractivity contribution in [3.63, 3.8) is 0 Å². The van der Waals surface area contributed by atoms with Crippen LogP contribution in [0.4, 0.5) is 0 Å². The van der Waals surface area contributed by atoms with Crippen molar-refractivity contribution in [2.75, 3.05) is 13.1 Å². The third-order valence-corrected chi connectivity index (χ3v) is 3.32. The Morgan fingerprint density at radius 2 is 2.19 bits per heavy atom. The molecule has 0 spiro atoms. The molecule has 2 aromatic rings. The average Bonchev–Trinajstić information content (AvgIpc) is 2.90. The molecule has 1 aromatic carbocycles. The summed E-state index contributed by atoms with van der Waals surface area (Å²) in [6, 6.07) is 7.52. The van der Waals surface area contributed by atoms with Gasteiger partial charge in [0.1, 0.15) is 11.4 Å². The molecule has 21 heavy (non-hydrogen) atoms. The molecule has 0 fully saturated rings. The number of nitrogens with two attached hydrogens (primary N) is 1. The molecule has 0 aliphatic carbocycles. The number of aryl methyl sites for hydroxylation is 1. The second kappa shape index (κ2) is 6.30. The van der Waals surface area contributed by atoms with Gasteiger partial charge in [-0.15, -0.1) is 0 Å². The van der Waals surface area contributed by atoms with Crippen molar-refractivity contribution >= 4 is 22.7 Å². The number of rotatable bonds is 5. The summed E-state index contributed by atoms with van der Waals surface area (Å²) in [5.41, 5.74) is 7.24. The normalized spacial score (nSPS) is 11.8. The van der Waals surface area contributed by atoms with Crippen molar-refractivity contribution in [3.8, 4) is 0 Å². The Morgan fingerprint density at radius 1 is 1.43 bits per heavy atom. The molecular weight excluding hydrogens is 270 g/mol. The number of carbonyl (C=O) groups is 1. The summed E-state index contributed by atoms with van der Waals surface area (Å²) in [5.74, 6) is 0.204. The molecule has 0 atom stereocenters. The summed E-state index contributed by atoms with van der Waals surface area (Å²) in [7, 11) is 0. The highest BCUT2D eigenvalue weighted by molar-refractivity contribution is 5.96. The SMILES string of the molecule is CCN(CCC(N)=NO)C(=O)c1cc2cc(C)ccc2o1. The van der Waals surface area contributed by atoms with Gasteiger partial charge in [-0.2, -0.15) is 0 Å². The average molecular weight is 289 g/mol. The lowest BCUT2D eigenvalue weighted by Crippen LogP contribution is -2.33. The summed E-state index contributed by atoms with van der Waals surface area (Å²) in [6.45, 7) is 4.76. The van der Waals surface area contributed by atoms with Crippen LogP contribution in [-0.4, -0.2) is 34.9 Å². The zero-order valence-corrected chi connectivity index (χ0v) is 12.2. The lowest BCUT2D eigenvalue weighted by atomic mass is 10.2. The Morgan fingerprint density at radius 3 is 2.86 bits per heavy atom. The highest BCUT2D eigenvalue weighted by Gasteiger charge is 2.18. The lowest BCUT2D eigenvalue weighted by Gasteiger charge is -2.18. The van der Waals surface area contributed by atoms with Crippen LogP contribution in [-0.2, 0) is 0 Å². The van der Waals surface area contributed by atoms with Gasteiger partial charge in [-0.05, 0) is 32.0 Å². The summed E-state index contributed by atoms with van der Waals surface area (Å²) in [6.07, 6.45) is 0.315. The molecule has 1 amide bonds. The van der Waals surface area contributed by atoms with Crippen LogP contribution >= 0.6 is 0 Å². The molecule has 112 valence electrons. The number of nitrogens with zero attached hydrogens (tertiary/aromatic N) is 2. The van der Waals surface area contributed by atoms with Gasteiger partial charge in [0, 0.05) is 24.9 Å². The van der Waals surface area contributed by atoms with Gasteiger partial charge in [0.25, 0.3) is 5.91 Å². The van der Waals surface area contributed by atoms with E-state index in [4.69, 9.17) is 15.4 Å². The summed E-state index contributed by atoms with van der Waals surface area (Å²) in [4.78, 5) is 14.0. The Balaban J connectivity index is 2.19. The van der Waals surface area contributed by atoms with E-state index in [1.54, 1.807) is 11.0 Å². The van der Waals surface area contributed by atoms with Crippen LogP contribution in [0, 0.1) is 6.92 Å². The van der Waals surface area contributed by atoms with Crippen LogP contribution in [0.5, 0.6) is 0 Å². The first-order valence-corrected chi connectivity index (χ1v) is 6.81. The quantitative estimate of drug-likeness (QED) is 0.382. The minimum atomic E-state index is -0.197. The number of amides is 1. The van der Waals surface area contributed by atoms with Gasteiger partial charge in [-0.1, -0.05) is 16.8 Å². The van der Waals surface area contributed by atoms with E-state index in [0.29, 0.717) is 30.9 Å². The molecule has 0 bridgehead atoms. The van der Waals surface area contributed by atoms with Crippen molar-refractivity contribution in [3.05, 3.63) is 35.6 Å². The highest BCUT2D eigenvalue weighted by Crippen LogP contribution is 2.21. The van der Waals surface area contributed by atoms with Crippen LogP contribution in [0.1, 0.15) is 29.5 Å². The Labute approximate surface area is 122 Å². The third kappa shape index (κ3) is 3.34. The zero-order chi connectivity index (χ0) is 15.4. The Kier molecular flexibility index (Phi) is 4.47. The third-order valence-electron chi connectivity index (χ3n) is 3.32. The monoisotopic (exact) mass is 289 g/mol. The highest BCUT2D eigenvalue weighted by atomic mass is 16.4. The van der Waals surface area contributed by atoms with Crippen molar-refractivity contribution < 1.29 is 14.4 Å². The molecule has 2 rings (SSSR count). The smallest absolute Gasteiger partial charge is 0.289 e. The Hall–Kier alpha value is -2.50. The van der Waals surface area contributed by atoms with E-state index in [-0.39, 0.29) is 11.7 Å². The van der Waals surface area contributed by atoms with Crippen molar-refractivity contribution in [2.45, 2.75) is 20.3 Å². The molecule has 0 aliphatic heterocycles. The van der Waals surface area contributed by atoms with Gasteiger partial charge in [0.15, 0.2) is 5.76 Å². The maximum absolute atomic E-state index is 12.4. The number of furan rings is 1. The zero-order valence-electron chi connectivity index (χ0n) is 12.2. The maximum atomic E-state index is 12.4. The molecule has 0 saturated carbocycles. The fourth-order valence-electron chi connectivity index (χ4n) is 2.13. The fraction of sp³-hybridized carbons (Fsp3) is 0.333. The number of hydrogen-bond donors (Lipinski definition) is 2. The lowest BCUT2D eigenvalue weighted by molar-refractivity contribution is 0.0739. The van der Waals surface area contributed by atoms with Gasteiger partial charge in [-0.3, -0.25) is 4.79 Å². The minimum Gasteiger partial charge on any atom is -0.451 e. The number of carbonyl (C=O) groups excluding carboxylic acids is 1. The molecule has 1 aromatic heterocycles. The Bertz CT molecular complexity index is 676. The van der Waals surface area contributed by atoms with E-state index in [2.05, 4.69) is 5.16 Å². The summed E-state index contributed by atoms with van der Waals surface area (Å²) >= 11 is 0. The van der Waals surface area contributed by atoms with Crippen molar-refractivity contribution in [1.82, 2.24) is 4.90 Å². The molecule has 6 nitrogen and oxygen atoms in total. The van der Waals surface area contributed by atoms with Gasteiger partial charge in [0.05, 0.1) is 0 Å². The second-order valence-electron chi connectivity index (χ2n) is 4.88. The van der Waals surface area contributed by atoms with E-state index in [0.717, 1.165) is 10.9 Å². The summed E-state index contributed by atoms with van der Waals surface area (Å²) < 4.78 is 5.60. The van der Waals surface area contributed by atoms with E-state index in [9.17, 15) is 4.79 Å². The van der Waals surface area contributed by atoms with Crippen molar-refractivity contribution in [2.24, 2.45) is 10.9 Å². The van der Waals surface area contributed by atoms with Gasteiger partial charge >= 0.3 is 0 Å². The molecule has 0 saturated heterocycles. The molecule has 0 radical (unpaired) electrons. The first kappa shape index (κ1) is 14.9.